The second-order valence-electron chi connectivity index (χ2n) is 15.2. The molecule has 58 heavy (non-hydrogen) atoms. The van der Waals surface area contributed by atoms with E-state index in [-0.39, 0.29) is 0 Å². The second kappa shape index (κ2) is 13.7. The molecule has 0 radical (unpaired) electrons. The van der Waals surface area contributed by atoms with Crippen LogP contribution in [0, 0.1) is 0 Å². The smallest absolute Gasteiger partial charge is 0.161 e. The number of fused-ring (bicyclic) bond motifs is 8. The number of hydrogen-bond donors (Lipinski definition) is 0. The summed E-state index contributed by atoms with van der Waals surface area (Å²) in [6.45, 7) is 6.96. The van der Waals surface area contributed by atoms with E-state index in [0.29, 0.717) is 11.7 Å². The number of nitrogens with zero attached hydrogens (tertiary/aromatic N) is 3. The van der Waals surface area contributed by atoms with Crippen molar-refractivity contribution in [3.05, 3.63) is 188 Å². The molecule has 0 atom stereocenters. The van der Waals surface area contributed by atoms with Crippen LogP contribution in [0.15, 0.2) is 191 Å². The zero-order chi connectivity index (χ0) is 38.7. The van der Waals surface area contributed by atoms with Crippen LogP contribution in [0.2, 0.25) is 0 Å². The fraction of sp³-hybridized carbons (Fsp3) is 0.0741. The molecular formula is C54H39N3O. The molecule has 0 aliphatic heterocycles. The van der Waals surface area contributed by atoms with Gasteiger partial charge in [-0.15, -0.1) is 0 Å². The van der Waals surface area contributed by atoms with Gasteiger partial charge in [0, 0.05) is 32.5 Å². The van der Waals surface area contributed by atoms with Crippen molar-refractivity contribution in [1.29, 1.82) is 0 Å². The van der Waals surface area contributed by atoms with Gasteiger partial charge in [-0.25, -0.2) is 9.98 Å². The molecule has 0 saturated carbocycles. The number of aliphatic imine (C=N–C) groups is 2. The van der Waals surface area contributed by atoms with Crippen LogP contribution in [0.3, 0.4) is 0 Å². The van der Waals surface area contributed by atoms with E-state index < -0.39 is 0 Å². The third kappa shape index (κ3) is 5.44. The topological polar surface area (TPSA) is 42.8 Å². The highest BCUT2D eigenvalue weighted by Gasteiger charge is 2.23. The number of furan rings is 1. The molecule has 0 unspecified atom stereocenters. The molecule has 2 heterocycles. The van der Waals surface area contributed by atoms with Crippen molar-refractivity contribution >= 4 is 93.4 Å². The fourth-order valence-electron chi connectivity index (χ4n) is 9.01. The summed E-state index contributed by atoms with van der Waals surface area (Å²) in [4.78, 5) is 10.8. The summed E-state index contributed by atoms with van der Waals surface area (Å²) in [5, 5.41) is 11.8. The number of unbranched alkanes of at least 4 members (excludes halogenated alkanes) is 1. The molecule has 276 valence electrons. The number of amidine groups is 1. The third-order valence-electron chi connectivity index (χ3n) is 11.7. The van der Waals surface area contributed by atoms with Crippen LogP contribution in [0.4, 0.5) is 0 Å². The van der Waals surface area contributed by atoms with E-state index in [1.807, 2.05) is 18.2 Å². The minimum Gasteiger partial charge on any atom is -0.456 e. The Morgan fingerprint density at radius 3 is 1.90 bits per heavy atom. The van der Waals surface area contributed by atoms with Crippen LogP contribution >= 0.6 is 0 Å². The van der Waals surface area contributed by atoms with E-state index in [9.17, 15) is 0 Å². The molecule has 0 N–H and O–H groups in total. The van der Waals surface area contributed by atoms with E-state index in [2.05, 4.69) is 163 Å². The van der Waals surface area contributed by atoms with Gasteiger partial charge in [0.2, 0.25) is 0 Å². The average Bonchev–Trinajstić information content (AvgIpc) is 3.83. The lowest BCUT2D eigenvalue weighted by Crippen LogP contribution is -2.08. The lowest BCUT2D eigenvalue weighted by Gasteiger charge is -2.13. The Labute approximate surface area is 336 Å². The summed E-state index contributed by atoms with van der Waals surface area (Å²) in [5.74, 6) is 1.24. The lowest BCUT2D eigenvalue weighted by atomic mass is 9.91. The van der Waals surface area contributed by atoms with E-state index in [1.165, 1.54) is 54.2 Å². The van der Waals surface area contributed by atoms with Crippen LogP contribution in [-0.2, 0) is 0 Å². The standard InChI is InChI=1S/C54H39N3O/c1-3-4-23-45(37-28-26-36(27-29-37)35-15-7-5-8-16-35)56-54(38-17-9-6-10-18-38)55-34(2)57-46-31-30-42-41-21-13-24-48-52(41)53-43(22-14-25-49(53)58-48)50(42)51(46)44-32-39-19-11-12-20-40(39)33-47(44)57/h5-22,24-33H,2-4,23H2,1H3/b55-54-,56-45?. The van der Waals surface area contributed by atoms with Gasteiger partial charge in [-0.1, -0.05) is 159 Å². The van der Waals surface area contributed by atoms with Gasteiger partial charge >= 0.3 is 0 Å². The van der Waals surface area contributed by atoms with E-state index >= 15 is 0 Å². The lowest BCUT2D eigenvalue weighted by molar-refractivity contribution is 0.669. The maximum Gasteiger partial charge on any atom is 0.161 e. The van der Waals surface area contributed by atoms with Crippen LogP contribution in [0.25, 0.3) is 93.0 Å². The molecule has 11 aromatic rings. The molecule has 0 bridgehead atoms. The minimum atomic E-state index is 0.604. The number of aromatic nitrogens is 1. The average molecular weight is 746 g/mol. The Morgan fingerprint density at radius 1 is 0.517 bits per heavy atom. The van der Waals surface area contributed by atoms with Crippen molar-refractivity contribution in [1.82, 2.24) is 4.57 Å². The van der Waals surface area contributed by atoms with Gasteiger partial charge in [0.15, 0.2) is 5.84 Å². The Balaban J connectivity index is 1.16. The van der Waals surface area contributed by atoms with Crippen molar-refractivity contribution < 1.29 is 4.42 Å². The van der Waals surface area contributed by atoms with Crippen LogP contribution in [0.1, 0.15) is 37.3 Å². The fourth-order valence-corrected chi connectivity index (χ4v) is 9.01. The SMILES string of the molecule is C=C(/N=C(\N=C(CCCC)c1ccc(-c2ccccc2)cc1)c1ccccc1)n1c2cc3ccccc3cc2c2c3c(ccc21)c1cccc2oc4cccc3c4c21. The quantitative estimate of drug-likeness (QED) is 0.0867. The third-order valence-corrected chi connectivity index (χ3v) is 11.7. The maximum absolute atomic E-state index is 6.44. The summed E-state index contributed by atoms with van der Waals surface area (Å²) in [6, 6.07) is 60.2. The predicted octanol–water partition coefficient (Wildman–Crippen LogP) is 14.8. The highest BCUT2D eigenvalue weighted by Crippen LogP contribution is 2.47. The normalized spacial score (nSPS) is 12.7. The highest BCUT2D eigenvalue weighted by atomic mass is 16.3. The van der Waals surface area contributed by atoms with Gasteiger partial charge in [0.25, 0.3) is 0 Å². The van der Waals surface area contributed by atoms with Crippen molar-refractivity contribution in [2.75, 3.05) is 0 Å². The molecule has 0 aliphatic carbocycles. The van der Waals surface area contributed by atoms with Gasteiger partial charge in [0.05, 0.1) is 16.7 Å². The molecule has 0 aliphatic rings. The summed E-state index contributed by atoms with van der Waals surface area (Å²) < 4.78 is 8.67. The maximum atomic E-state index is 6.44. The summed E-state index contributed by atoms with van der Waals surface area (Å²) in [5.41, 5.74) is 9.36. The van der Waals surface area contributed by atoms with Crippen LogP contribution < -0.4 is 0 Å². The number of hydrogen-bond acceptors (Lipinski definition) is 2. The van der Waals surface area contributed by atoms with Crippen LogP contribution in [-0.4, -0.2) is 16.1 Å². The minimum absolute atomic E-state index is 0.604. The highest BCUT2D eigenvalue weighted by molar-refractivity contribution is 6.39. The first-order chi connectivity index (χ1) is 28.6. The van der Waals surface area contributed by atoms with Gasteiger partial charge < -0.3 is 4.42 Å². The number of benzene rings is 9. The Bertz CT molecular complexity index is 3420. The first-order valence-electron chi connectivity index (χ1n) is 20.2. The van der Waals surface area contributed by atoms with Crippen molar-refractivity contribution in [3.63, 3.8) is 0 Å². The molecule has 2 aromatic heterocycles. The van der Waals surface area contributed by atoms with E-state index in [0.717, 1.165) is 69.1 Å². The van der Waals surface area contributed by atoms with Crippen LogP contribution in [0.5, 0.6) is 0 Å². The van der Waals surface area contributed by atoms with Crippen molar-refractivity contribution in [2.45, 2.75) is 26.2 Å². The van der Waals surface area contributed by atoms with E-state index in [1.54, 1.807) is 0 Å². The molecule has 4 heteroatoms. The monoisotopic (exact) mass is 745 g/mol. The van der Waals surface area contributed by atoms with Gasteiger partial charge in [-0.3, -0.25) is 4.57 Å². The predicted molar refractivity (Wildman–Crippen MR) is 247 cm³/mol. The summed E-state index contributed by atoms with van der Waals surface area (Å²) >= 11 is 0. The van der Waals surface area contributed by atoms with Gasteiger partial charge in [0.1, 0.15) is 17.0 Å². The zero-order valence-electron chi connectivity index (χ0n) is 32.2. The van der Waals surface area contributed by atoms with E-state index in [4.69, 9.17) is 21.0 Å². The Morgan fingerprint density at radius 2 is 1.16 bits per heavy atom. The molecule has 9 aromatic carbocycles. The molecule has 4 nitrogen and oxygen atoms in total. The second-order valence-corrected chi connectivity index (χ2v) is 15.2. The Hall–Kier alpha value is -7.30. The first kappa shape index (κ1) is 34.0. The zero-order valence-corrected chi connectivity index (χ0v) is 32.2. The largest absolute Gasteiger partial charge is 0.456 e. The summed E-state index contributed by atoms with van der Waals surface area (Å²) in [6.07, 6.45) is 2.92. The molecule has 0 saturated heterocycles. The molecular weight excluding hydrogens is 707 g/mol. The van der Waals surface area contributed by atoms with Crippen molar-refractivity contribution in [2.24, 2.45) is 9.98 Å². The van der Waals surface area contributed by atoms with Gasteiger partial charge in [-0.05, 0) is 86.8 Å². The summed E-state index contributed by atoms with van der Waals surface area (Å²) in [7, 11) is 0. The molecule has 0 spiro atoms. The Kier molecular flexibility index (Phi) is 8.04. The molecule has 0 fully saturated rings. The van der Waals surface area contributed by atoms with Crippen molar-refractivity contribution in [3.8, 4) is 11.1 Å². The first-order valence-corrected chi connectivity index (χ1v) is 20.2. The number of rotatable bonds is 8. The molecule has 0 amide bonds. The van der Waals surface area contributed by atoms with Gasteiger partial charge in [-0.2, -0.15) is 0 Å². The molecule has 11 rings (SSSR count).